The molecule has 3 rings (SSSR count). The van der Waals surface area contributed by atoms with Crippen molar-refractivity contribution in [2.24, 2.45) is 4.99 Å². The number of nitrogens with one attached hydrogen (secondary N) is 2. The number of aryl methyl sites for hydroxylation is 1. The second kappa shape index (κ2) is 10.6. The summed E-state index contributed by atoms with van der Waals surface area (Å²) in [6, 6.07) is 13.2. The maximum absolute atomic E-state index is 4.68. The number of hydrogen-bond acceptors (Lipinski definition) is 4. The third-order valence-electron chi connectivity index (χ3n) is 6.16. The van der Waals surface area contributed by atoms with Gasteiger partial charge < -0.3 is 20.4 Å². The number of benzene rings is 1. The quantitative estimate of drug-likeness (QED) is 0.531. The fourth-order valence-corrected chi connectivity index (χ4v) is 3.75. The summed E-state index contributed by atoms with van der Waals surface area (Å²) in [6.07, 6.45) is 3.04. The first-order chi connectivity index (χ1) is 14.9. The Kier molecular flexibility index (Phi) is 7.91. The Balaban J connectivity index is 1.49. The molecule has 1 aliphatic rings. The number of aliphatic imine (C=N–C) groups is 1. The molecular weight excluding hydrogens is 384 g/mol. The van der Waals surface area contributed by atoms with Crippen LogP contribution in [0.5, 0.6) is 0 Å². The van der Waals surface area contributed by atoms with Crippen LogP contribution in [-0.2, 0) is 18.4 Å². The van der Waals surface area contributed by atoms with Gasteiger partial charge in [-0.1, -0.05) is 51.1 Å². The summed E-state index contributed by atoms with van der Waals surface area (Å²) in [6.45, 7) is 12.5. The Morgan fingerprint density at radius 2 is 1.68 bits per heavy atom. The summed E-state index contributed by atoms with van der Waals surface area (Å²) in [5.41, 5.74) is 3.86. The van der Waals surface area contributed by atoms with Crippen molar-refractivity contribution in [1.82, 2.24) is 20.5 Å². The molecule has 0 spiro atoms. The van der Waals surface area contributed by atoms with Gasteiger partial charge in [0.15, 0.2) is 5.96 Å². The minimum Gasteiger partial charge on any atom is -0.356 e. The van der Waals surface area contributed by atoms with Gasteiger partial charge in [0.05, 0.1) is 0 Å². The molecule has 0 saturated carbocycles. The zero-order valence-corrected chi connectivity index (χ0v) is 19.8. The number of pyridine rings is 1. The highest BCUT2D eigenvalue weighted by molar-refractivity contribution is 5.79. The predicted octanol–water partition coefficient (Wildman–Crippen LogP) is 3.04. The SMILES string of the molecule is CCc1ccc(C(C)(C)CNC(=NC)NCc2ccc(N3CCN(C)CC3)nc2)cc1. The standard InChI is InChI=1S/C25H38N6/c1-6-20-7-10-22(11-8-20)25(2,3)19-29-24(26-4)28-18-21-9-12-23(27-17-21)31-15-13-30(5)14-16-31/h7-12,17H,6,13-16,18-19H2,1-5H3,(H2,26,28,29). The molecule has 0 amide bonds. The average Bonchev–Trinajstić information content (AvgIpc) is 2.80. The first-order valence-electron chi connectivity index (χ1n) is 11.3. The van der Waals surface area contributed by atoms with E-state index in [1.807, 2.05) is 13.2 Å². The number of aromatic nitrogens is 1. The van der Waals surface area contributed by atoms with Crippen molar-refractivity contribution in [2.45, 2.75) is 39.2 Å². The topological polar surface area (TPSA) is 55.8 Å². The largest absolute Gasteiger partial charge is 0.356 e. The fraction of sp³-hybridized carbons (Fsp3) is 0.520. The highest BCUT2D eigenvalue weighted by Crippen LogP contribution is 2.22. The van der Waals surface area contributed by atoms with Gasteiger partial charge in [0, 0.05) is 57.9 Å². The molecule has 1 aliphatic heterocycles. The van der Waals surface area contributed by atoms with E-state index in [4.69, 9.17) is 0 Å². The Hall–Kier alpha value is -2.60. The van der Waals surface area contributed by atoms with E-state index in [0.29, 0.717) is 6.54 Å². The number of hydrogen-bond donors (Lipinski definition) is 2. The molecule has 2 heterocycles. The van der Waals surface area contributed by atoms with Crippen molar-refractivity contribution >= 4 is 11.8 Å². The Morgan fingerprint density at radius 3 is 2.26 bits per heavy atom. The normalized spacial score (nSPS) is 15.8. The molecule has 168 valence electrons. The molecule has 0 radical (unpaired) electrons. The van der Waals surface area contributed by atoms with Crippen LogP contribution in [-0.4, -0.2) is 62.7 Å². The molecule has 31 heavy (non-hydrogen) atoms. The molecule has 0 aliphatic carbocycles. The lowest BCUT2D eigenvalue weighted by atomic mass is 9.84. The molecule has 1 saturated heterocycles. The Bertz CT molecular complexity index is 833. The van der Waals surface area contributed by atoms with E-state index in [-0.39, 0.29) is 5.41 Å². The number of piperazine rings is 1. The maximum Gasteiger partial charge on any atom is 0.191 e. The van der Waals surface area contributed by atoms with Gasteiger partial charge in [-0.25, -0.2) is 4.98 Å². The molecule has 0 atom stereocenters. The molecule has 2 aromatic rings. The van der Waals surface area contributed by atoms with E-state index in [9.17, 15) is 0 Å². The zero-order chi connectivity index (χ0) is 22.3. The van der Waals surface area contributed by atoms with E-state index in [1.54, 1.807) is 0 Å². The zero-order valence-electron chi connectivity index (χ0n) is 19.8. The molecule has 0 bridgehead atoms. The molecule has 2 N–H and O–H groups in total. The van der Waals surface area contributed by atoms with Crippen molar-refractivity contribution in [3.63, 3.8) is 0 Å². The van der Waals surface area contributed by atoms with Gasteiger partial charge in [-0.3, -0.25) is 4.99 Å². The van der Waals surface area contributed by atoms with E-state index < -0.39 is 0 Å². The van der Waals surface area contributed by atoms with Crippen LogP contribution >= 0.6 is 0 Å². The summed E-state index contributed by atoms with van der Waals surface area (Å²) < 4.78 is 0. The van der Waals surface area contributed by atoms with Crippen LogP contribution in [0.2, 0.25) is 0 Å². The summed E-state index contributed by atoms with van der Waals surface area (Å²) in [7, 11) is 3.98. The van der Waals surface area contributed by atoms with E-state index >= 15 is 0 Å². The number of guanidine groups is 1. The minimum atomic E-state index is 0.00953. The van der Waals surface area contributed by atoms with Crippen LogP contribution in [0.15, 0.2) is 47.6 Å². The van der Waals surface area contributed by atoms with Gasteiger partial charge >= 0.3 is 0 Å². The predicted molar refractivity (Wildman–Crippen MR) is 131 cm³/mol. The summed E-state index contributed by atoms with van der Waals surface area (Å²) in [5, 5.41) is 6.89. The number of nitrogens with zero attached hydrogens (tertiary/aromatic N) is 4. The smallest absolute Gasteiger partial charge is 0.191 e. The third kappa shape index (κ3) is 6.44. The minimum absolute atomic E-state index is 0.00953. The lowest BCUT2D eigenvalue weighted by Crippen LogP contribution is -2.44. The first-order valence-corrected chi connectivity index (χ1v) is 11.3. The average molecular weight is 423 g/mol. The van der Waals surface area contributed by atoms with E-state index in [0.717, 1.165) is 56.5 Å². The van der Waals surface area contributed by atoms with Crippen molar-refractivity contribution < 1.29 is 0 Å². The number of likely N-dealkylation sites (N-methyl/N-ethyl adjacent to an activating group) is 1. The van der Waals surface area contributed by atoms with Gasteiger partial charge in [-0.15, -0.1) is 0 Å². The van der Waals surface area contributed by atoms with E-state index in [2.05, 4.69) is 94.6 Å². The van der Waals surface area contributed by atoms with Crippen LogP contribution in [0.3, 0.4) is 0 Å². The molecule has 1 fully saturated rings. The molecule has 6 nitrogen and oxygen atoms in total. The molecule has 0 unspecified atom stereocenters. The second-order valence-electron chi connectivity index (χ2n) is 9.03. The lowest BCUT2D eigenvalue weighted by Gasteiger charge is -2.33. The van der Waals surface area contributed by atoms with Gasteiger partial charge in [0.1, 0.15) is 5.82 Å². The lowest BCUT2D eigenvalue weighted by molar-refractivity contribution is 0.312. The summed E-state index contributed by atoms with van der Waals surface area (Å²) in [5.74, 6) is 1.87. The molecule has 1 aromatic carbocycles. The monoisotopic (exact) mass is 422 g/mol. The Morgan fingerprint density at radius 1 is 1.00 bits per heavy atom. The van der Waals surface area contributed by atoms with Crippen LogP contribution < -0.4 is 15.5 Å². The van der Waals surface area contributed by atoms with Gasteiger partial charge in [0.25, 0.3) is 0 Å². The molecule has 6 heteroatoms. The molecular formula is C25H38N6. The van der Waals surface area contributed by atoms with Gasteiger partial charge in [0.2, 0.25) is 0 Å². The highest BCUT2D eigenvalue weighted by Gasteiger charge is 2.21. The Labute approximate surface area is 187 Å². The third-order valence-corrected chi connectivity index (χ3v) is 6.16. The van der Waals surface area contributed by atoms with Crippen LogP contribution in [0.1, 0.15) is 37.5 Å². The summed E-state index contributed by atoms with van der Waals surface area (Å²) in [4.78, 5) is 13.8. The number of rotatable bonds is 7. The van der Waals surface area contributed by atoms with Crippen molar-refractivity contribution in [1.29, 1.82) is 0 Å². The van der Waals surface area contributed by atoms with Crippen LogP contribution in [0.4, 0.5) is 5.82 Å². The van der Waals surface area contributed by atoms with Crippen molar-refractivity contribution in [2.75, 3.05) is 51.7 Å². The van der Waals surface area contributed by atoms with Crippen LogP contribution in [0, 0.1) is 0 Å². The number of anilines is 1. The van der Waals surface area contributed by atoms with E-state index in [1.165, 1.54) is 11.1 Å². The first kappa shape index (κ1) is 23.1. The fourth-order valence-electron chi connectivity index (χ4n) is 3.75. The van der Waals surface area contributed by atoms with Crippen LogP contribution in [0.25, 0.3) is 0 Å². The van der Waals surface area contributed by atoms with Crippen molar-refractivity contribution in [3.8, 4) is 0 Å². The second-order valence-corrected chi connectivity index (χ2v) is 9.03. The summed E-state index contributed by atoms with van der Waals surface area (Å²) >= 11 is 0. The van der Waals surface area contributed by atoms with Gasteiger partial charge in [-0.2, -0.15) is 0 Å². The van der Waals surface area contributed by atoms with Crippen molar-refractivity contribution in [3.05, 3.63) is 59.3 Å². The highest BCUT2D eigenvalue weighted by atomic mass is 15.3. The van der Waals surface area contributed by atoms with Gasteiger partial charge in [-0.05, 0) is 36.2 Å². The molecule has 1 aromatic heterocycles. The maximum atomic E-state index is 4.68.